The predicted molar refractivity (Wildman–Crippen MR) is 95.5 cm³/mol. The van der Waals surface area contributed by atoms with Crippen molar-refractivity contribution in [2.75, 3.05) is 0 Å². The summed E-state index contributed by atoms with van der Waals surface area (Å²) in [4.78, 5) is 47.9. The number of Topliss-reactive ketones (excluding diaryl/α,β-unsaturated/α-hetero) is 1. The van der Waals surface area contributed by atoms with Crippen molar-refractivity contribution in [1.29, 1.82) is 0 Å². The molecule has 2 aliphatic rings. The maximum Gasteiger partial charge on any atom is 0.306 e. The van der Waals surface area contributed by atoms with Crippen LogP contribution in [0.2, 0.25) is 0 Å². The second-order valence-electron chi connectivity index (χ2n) is 8.00. The molecule has 152 valence electrons. The first kappa shape index (κ1) is 21.4. The van der Waals surface area contributed by atoms with Gasteiger partial charge in [-0.2, -0.15) is 0 Å². The lowest BCUT2D eigenvalue weighted by Gasteiger charge is -2.38. The Morgan fingerprint density at radius 3 is 2.37 bits per heavy atom. The molecule has 0 N–H and O–H groups in total. The number of esters is 3. The van der Waals surface area contributed by atoms with Gasteiger partial charge in [0.15, 0.2) is 0 Å². The normalized spacial score (nSPS) is 35.7. The van der Waals surface area contributed by atoms with E-state index < -0.39 is 29.7 Å². The molecule has 7 heteroatoms. The van der Waals surface area contributed by atoms with Crippen LogP contribution >= 0.6 is 0 Å². The van der Waals surface area contributed by atoms with E-state index in [-0.39, 0.29) is 42.3 Å². The summed E-state index contributed by atoms with van der Waals surface area (Å²) in [5.74, 6) is -2.04. The van der Waals surface area contributed by atoms with Crippen molar-refractivity contribution in [2.24, 2.45) is 17.8 Å². The van der Waals surface area contributed by atoms with Crippen LogP contribution in [-0.4, -0.2) is 41.5 Å². The molecular formula is C20H30O7. The highest BCUT2D eigenvalue weighted by molar-refractivity contribution is 5.84. The molecule has 0 saturated heterocycles. The number of rotatable bonds is 5. The third-order valence-electron chi connectivity index (χ3n) is 5.76. The first-order chi connectivity index (χ1) is 12.6. The summed E-state index contributed by atoms with van der Waals surface area (Å²) in [6, 6.07) is 0. The summed E-state index contributed by atoms with van der Waals surface area (Å²) in [6.45, 7) is 8.14. The van der Waals surface area contributed by atoms with Crippen LogP contribution in [0, 0.1) is 17.8 Å². The van der Waals surface area contributed by atoms with Gasteiger partial charge in [-0.15, -0.1) is 0 Å². The van der Waals surface area contributed by atoms with Crippen LogP contribution in [-0.2, 0) is 33.4 Å². The van der Waals surface area contributed by atoms with E-state index in [1.165, 1.54) is 13.8 Å². The molecule has 0 amide bonds. The fourth-order valence-corrected chi connectivity index (χ4v) is 4.73. The molecule has 6 atom stereocenters. The van der Waals surface area contributed by atoms with Crippen molar-refractivity contribution in [3.63, 3.8) is 0 Å². The average molecular weight is 382 g/mol. The number of carbonyl (C=O) groups excluding carboxylic acids is 4. The molecule has 0 aromatic carbocycles. The summed E-state index contributed by atoms with van der Waals surface area (Å²) < 4.78 is 16.8. The van der Waals surface area contributed by atoms with E-state index in [0.29, 0.717) is 19.3 Å². The molecule has 0 aromatic heterocycles. The van der Waals surface area contributed by atoms with Gasteiger partial charge in [-0.25, -0.2) is 0 Å². The van der Waals surface area contributed by atoms with Crippen molar-refractivity contribution < 1.29 is 33.4 Å². The second kappa shape index (κ2) is 8.40. The molecule has 0 aromatic rings. The number of fused-ring (bicyclic) bond motifs is 1. The van der Waals surface area contributed by atoms with E-state index in [2.05, 4.69) is 0 Å². The van der Waals surface area contributed by atoms with E-state index in [9.17, 15) is 19.2 Å². The van der Waals surface area contributed by atoms with Gasteiger partial charge in [0.05, 0.1) is 0 Å². The summed E-state index contributed by atoms with van der Waals surface area (Å²) in [5, 5.41) is 0. The molecule has 0 heterocycles. The standard InChI is InChI=1S/C20H30O7/c1-6-7-18(24)26-14-8-17(25-12(3)21)19-11(2)16(23)9-15(19)20(5,10-14)27-13(4)22/h11,14-15,17,19H,6-10H2,1-5H3/t11-,14+,15-,17+,19+,20-/m0/s1. The van der Waals surface area contributed by atoms with Gasteiger partial charge in [-0.3, -0.25) is 19.2 Å². The zero-order chi connectivity index (χ0) is 20.4. The average Bonchev–Trinajstić information content (AvgIpc) is 2.76. The minimum Gasteiger partial charge on any atom is -0.462 e. The Bertz CT molecular complexity index is 613. The molecule has 0 aliphatic heterocycles. The number of ketones is 1. The SMILES string of the molecule is CCCC(=O)O[C@@H]1C[C@@H](OC(C)=O)[C@@H]2[C@@H](C)C(=O)C[C@@H]2[C@@](C)(OC(C)=O)C1. The topological polar surface area (TPSA) is 96.0 Å². The smallest absolute Gasteiger partial charge is 0.306 e. The molecule has 0 spiro atoms. The van der Waals surface area contributed by atoms with Gasteiger partial charge >= 0.3 is 17.9 Å². The first-order valence-electron chi connectivity index (χ1n) is 9.66. The van der Waals surface area contributed by atoms with Crippen LogP contribution in [0.15, 0.2) is 0 Å². The lowest BCUT2D eigenvalue weighted by atomic mass is 9.77. The van der Waals surface area contributed by atoms with Crippen molar-refractivity contribution in [1.82, 2.24) is 0 Å². The third-order valence-corrected chi connectivity index (χ3v) is 5.76. The highest BCUT2D eigenvalue weighted by Crippen LogP contribution is 2.50. The Kier molecular flexibility index (Phi) is 6.65. The molecule has 2 rings (SSSR count). The molecular weight excluding hydrogens is 352 g/mol. The van der Waals surface area contributed by atoms with Crippen molar-refractivity contribution in [2.45, 2.75) is 84.5 Å². The number of ether oxygens (including phenoxy) is 3. The molecule has 2 fully saturated rings. The lowest BCUT2D eigenvalue weighted by molar-refractivity contribution is -0.170. The predicted octanol–water partition coefficient (Wildman–Crippen LogP) is 2.59. The van der Waals surface area contributed by atoms with Gasteiger partial charge in [0, 0.05) is 57.3 Å². The lowest BCUT2D eigenvalue weighted by Crippen LogP contribution is -2.44. The molecule has 0 bridgehead atoms. The minimum absolute atomic E-state index is 0.0713. The first-order valence-corrected chi connectivity index (χ1v) is 9.66. The van der Waals surface area contributed by atoms with Gasteiger partial charge in [-0.1, -0.05) is 13.8 Å². The zero-order valence-corrected chi connectivity index (χ0v) is 16.8. The third kappa shape index (κ3) is 4.87. The van der Waals surface area contributed by atoms with E-state index in [0.717, 1.165) is 0 Å². The van der Waals surface area contributed by atoms with Crippen molar-refractivity contribution in [3.8, 4) is 0 Å². The van der Waals surface area contributed by atoms with Gasteiger partial charge in [-0.05, 0) is 13.3 Å². The van der Waals surface area contributed by atoms with E-state index >= 15 is 0 Å². The maximum absolute atomic E-state index is 12.4. The molecule has 2 saturated carbocycles. The second-order valence-corrected chi connectivity index (χ2v) is 8.00. The maximum atomic E-state index is 12.4. The monoisotopic (exact) mass is 382 g/mol. The Labute approximate surface area is 160 Å². The van der Waals surface area contributed by atoms with E-state index in [4.69, 9.17) is 14.2 Å². The highest BCUT2D eigenvalue weighted by atomic mass is 16.6. The minimum atomic E-state index is -0.969. The Morgan fingerprint density at radius 2 is 1.81 bits per heavy atom. The van der Waals surface area contributed by atoms with Crippen LogP contribution in [0.4, 0.5) is 0 Å². The molecule has 7 nitrogen and oxygen atoms in total. The largest absolute Gasteiger partial charge is 0.462 e. The zero-order valence-electron chi connectivity index (χ0n) is 16.8. The van der Waals surface area contributed by atoms with Gasteiger partial charge in [0.25, 0.3) is 0 Å². The van der Waals surface area contributed by atoms with Crippen LogP contribution in [0.1, 0.15) is 66.7 Å². The molecule has 0 unspecified atom stereocenters. The quantitative estimate of drug-likeness (QED) is 0.532. The van der Waals surface area contributed by atoms with E-state index in [1.54, 1.807) is 6.92 Å². The summed E-state index contributed by atoms with van der Waals surface area (Å²) in [7, 11) is 0. The highest BCUT2D eigenvalue weighted by Gasteiger charge is 2.57. The van der Waals surface area contributed by atoms with E-state index in [1.807, 2.05) is 13.8 Å². The number of hydrogen-bond acceptors (Lipinski definition) is 7. The summed E-state index contributed by atoms with van der Waals surface area (Å²) in [5.41, 5.74) is -0.969. The number of carbonyl (C=O) groups is 4. The summed E-state index contributed by atoms with van der Waals surface area (Å²) >= 11 is 0. The molecule has 2 aliphatic carbocycles. The van der Waals surface area contributed by atoms with Crippen LogP contribution in [0.25, 0.3) is 0 Å². The fourth-order valence-electron chi connectivity index (χ4n) is 4.73. The van der Waals surface area contributed by atoms with Gasteiger partial charge < -0.3 is 14.2 Å². The number of hydrogen-bond donors (Lipinski definition) is 0. The Morgan fingerprint density at radius 1 is 1.15 bits per heavy atom. The fraction of sp³-hybridized carbons (Fsp3) is 0.800. The van der Waals surface area contributed by atoms with Crippen LogP contribution in [0.5, 0.6) is 0 Å². The van der Waals surface area contributed by atoms with Crippen LogP contribution < -0.4 is 0 Å². The molecule has 0 radical (unpaired) electrons. The van der Waals surface area contributed by atoms with Crippen LogP contribution in [0.3, 0.4) is 0 Å². The van der Waals surface area contributed by atoms with Gasteiger partial charge in [0.2, 0.25) is 0 Å². The Balaban J connectivity index is 2.40. The summed E-state index contributed by atoms with van der Waals surface area (Å²) in [6.07, 6.45) is 0.670. The van der Waals surface area contributed by atoms with Gasteiger partial charge in [0.1, 0.15) is 23.6 Å². The van der Waals surface area contributed by atoms with Crippen molar-refractivity contribution >= 4 is 23.7 Å². The Hall–Kier alpha value is -1.92. The van der Waals surface area contributed by atoms with Crippen molar-refractivity contribution in [3.05, 3.63) is 0 Å². The molecule has 27 heavy (non-hydrogen) atoms.